The zero-order chi connectivity index (χ0) is 26.5. The first kappa shape index (κ1) is 24.7. The maximum absolute atomic E-state index is 13.3. The smallest absolute Gasteiger partial charge is 0.488 e. The summed E-state index contributed by atoms with van der Waals surface area (Å²) in [5.74, 6) is 0.611. The zero-order valence-electron chi connectivity index (χ0n) is 22.7. The van der Waals surface area contributed by atoms with Gasteiger partial charge in [-0.25, -0.2) is 4.79 Å². The van der Waals surface area contributed by atoms with Crippen molar-refractivity contribution >= 4 is 36.1 Å². The minimum Gasteiger partial charge on any atom is -0.488 e. The van der Waals surface area contributed by atoms with Crippen molar-refractivity contribution in [1.29, 1.82) is 0 Å². The molecule has 0 N–H and O–H groups in total. The summed E-state index contributed by atoms with van der Waals surface area (Å²) in [4.78, 5) is 13.3. The van der Waals surface area contributed by atoms with E-state index in [0.717, 1.165) is 21.9 Å². The average Bonchev–Trinajstić information content (AvgIpc) is 3.17. The lowest BCUT2D eigenvalue weighted by atomic mass is 9.77. The minimum atomic E-state index is -0.541. The van der Waals surface area contributed by atoms with Crippen LogP contribution in [0, 0.1) is 0 Å². The fraction of sp³-hybridized carbons (Fsp3) is 0.464. The summed E-state index contributed by atoms with van der Waals surface area (Å²) in [5, 5.41) is 0.829. The number of hydrogen-bond donors (Lipinski definition) is 0. The largest absolute Gasteiger partial charge is 0.494 e. The molecule has 9 heteroatoms. The Kier molecular flexibility index (Phi) is 5.17. The van der Waals surface area contributed by atoms with Gasteiger partial charge in [-0.05, 0) is 78.4 Å². The quantitative estimate of drug-likeness (QED) is 0.388. The van der Waals surface area contributed by atoms with Crippen LogP contribution in [0.25, 0.3) is 22.1 Å². The molecule has 0 spiro atoms. The van der Waals surface area contributed by atoms with Crippen LogP contribution in [0.1, 0.15) is 61.0 Å². The maximum atomic E-state index is 13.3. The summed E-state index contributed by atoms with van der Waals surface area (Å²) >= 11 is 0. The van der Waals surface area contributed by atoms with Gasteiger partial charge >= 0.3 is 19.9 Å². The van der Waals surface area contributed by atoms with Crippen molar-refractivity contribution in [1.82, 2.24) is 0 Å². The van der Waals surface area contributed by atoms with Crippen LogP contribution in [0.15, 0.2) is 45.6 Å². The molecule has 0 unspecified atom stereocenters. The molecular formula is C28H32B2O7. The minimum absolute atomic E-state index is 0.257. The lowest BCUT2D eigenvalue weighted by Crippen LogP contribution is -2.41. The third kappa shape index (κ3) is 3.70. The predicted octanol–water partition coefficient (Wildman–Crippen LogP) is 3.95. The van der Waals surface area contributed by atoms with E-state index in [4.69, 9.17) is 27.8 Å². The van der Waals surface area contributed by atoms with E-state index >= 15 is 0 Å². The molecule has 0 atom stereocenters. The van der Waals surface area contributed by atoms with Crippen molar-refractivity contribution in [2.45, 2.75) is 84.4 Å². The molecule has 0 aliphatic carbocycles. The number of ether oxygens (including phenoxy) is 1. The zero-order valence-corrected chi connectivity index (χ0v) is 22.7. The van der Waals surface area contributed by atoms with Gasteiger partial charge in [-0.1, -0.05) is 24.3 Å². The molecule has 0 amide bonds. The van der Waals surface area contributed by atoms with Gasteiger partial charge in [0, 0.05) is 16.5 Å². The van der Waals surface area contributed by atoms with Gasteiger partial charge < -0.3 is 27.8 Å². The van der Waals surface area contributed by atoms with E-state index in [2.05, 4.69) is 0 Å². The number of fused-ring (bicyclic) bond motifs is 5. The Morgan fingerprint density at radius 3 is 1.78 bits per heavy atom. The van der Waals surface area contributed by atoms with Gasteiger partial charge in [-0.15, -0.1) is 0 Å². The Morgan fingerprint density at radius 2 is 1.22 bits per heavy atom. The standard InChI is InChI=1S/C28H32B2O7/c1-25(2)26(3,4)35-29(34-25)16-10-12-19-21(13-16)32-15-20-18-11-9-17(14-22(18)33-24(31)23(19)20)30-36-27(5,6)28(7,8)37-30/h9-14H,15H2,1-8H3. The second-order valence-electron chi connectivity index (χ2n) is 12.2. The molecule has 2 aromatic carbocycles. The van der Waals surface area contributed by atoms with E-state index < -0.39 is 42.3 Å². The molecule has 1 aromatic heterocycles. The molecule has 37 heavy (non-hydrogen) atoms. The van der Waals surface area contributed by atoms with Crippen molar-refractivity contribution in [2.24, 2.45) is 0 Å². The molecule has 3 aromatic rings. The highest BCUT2D eigenvalue weighted by molar-refractivity contribution is 6.62. The van der Waals surface area contributed by atoms with Gasteiger partial charge in [0.15, 0.2) is 0 Å². The third-order valence-corrected chi connectivity index (χ3v) is 8.74. The fourth-order valence-corrected chi connectivity index (χ4v) is 4.97. The highest BCUT2D eigenvalue weighted by Gasteiger charge is 2.53. The van der Waals surface area contributed by atoms with Crippen LogP contribution in [0.2, 0.25) is 0 Å². The van der Waals surface area contributed by atoms with Crippen LogP contribution in [-0.4, -0.2) is 36.6 Å². The molecule has 7 nitrogen and oxygen atoms in total. The lowest BCUT2D eigenvalue weighted by Gasteiger charge is -2.32. The van der Waals surface area contributed by atoms with Crippen LogP contribution < -0.4 is 21.3 Å². The Balaban J connectivity index is 1.36. The molecule has 6 rings (SSSR count). The second kappa shape index (κ2) is 7.73. The molecule has 3 aliphatic heterocycles. The third-order valence-electron chi connectivity index (χ3n) is 8.74. The Bertz CT molecular complexity index is 1460. The van der Waals surface area contributed by atoms with Crippen LogP contribution in [0.5, 0.6) is 5.75 Å². The first-order chi connectivity index (χ1) is 17.2. The molecule has 2 saturated heterocycles. The van der Waals surface area contributed by atoms with Crippen molar-refractivity contribution in [3.05, 3.63) is 52.4 Å². The number of benzene rings is 2. The van der Waals surface area contributed by atoms with Gasteiger partial charge in [-0.3, -0.25) is 0 Å². The number of rotatable bonds is 2. The predicted molar refractivity (Wildman–Crippen MR) is 144 cm³/mol. The summed E-state index contributed by atoms with van der Waals surface area (Å²) in [7, 11) is -1.05. The summed E-state index contributed by atoms with van der Waals surface area (Å²) < 4.78 is 36.7. The molecule has 192 valence electrons. The van der Waals surface area contributed by atoms with E-state index in [9.17, 15) is 4.79 Å². The van der Waals surface area contributed by atoms with E-state index in [1.54, 1.807) is 0 Å². The summed E-state index contributed by atoms with van der Waals surface area (Å²) in [6, 6.07) is 11.4. The first-order valence-corrected chi connectivity index (χ1v) is 12.8. The highest BCUT2D eigenvalue weighted by Crippen LogP contribution is 2.41. The van der Waals surface area contributed by atoms with Crippen LogP contribution in [-0.2, 0) is 25.2 Å². The summed E-state index contributed by atoms with van der Waals surface area (Å²) in [6.07, 6.45) is 0. The first-order valence-electron chi connectivity index (χ1n) is 12.8. The van der Waals surface area contributed by atoms with Crippen molar-refractivity contribution in [2.75, 3.05) is 0 Å². The Hall–Kier alpha value is -2.58. The topological polar surface area (TPSA) is 76.4 Å². The maximum Gasteiger partial charge on any atom is 0.494 e. The van der Waals surface area contributed by atoms with Gasteiger partial charge in [0.25, 0.3) is 0 Å². The Labute approximate surface area is 217 Å². The monoisotopic (exact) mass is 502 g/mol. The fourth-order valence-electron chi connectivity index (χ4n) is 4.97. The SMILES string of the molecule is CC1(C)OB(c2ccc3c(c2)OCc2c-3c(=O)oc3cc(B4OC(C)(C)C(C)(C)O4)ccc23)OC1(C)C. The van der Waals surface area contributed by atoms with Crippen molar-refractivity contribution < 1.29 is 27.8 Å². The lowest BCUT2D eigenvalue weighted by molar-refractivity contribution is 0.00578. The van der Waals surface area contributed by atoms with Crippen LogP contribution in [0.3, 0.4) is 0 Å². The van der Waals surface area contributed by atoms with E-state index in [1.165, 1.54) is 0 Å². The molecular weight excluding hydrogens is 470 g/mol. The van der Waals surface area contributed by atoms with Crippen LogP contribution in [0.4, 0.5) is 0 Å². The highest BCUT2D eigenvalue weighted by atomic mass is 16.7. The molecule has 0 bridgehead atoms. The molecule has 4 heterocycles. The van der Waals surface area contributed by atoms with Gasteiger partial charge in [-0.2, -0.15) is 0 Å². The van der Waals surface area contributed by atoms with E-state index in [0.29, 0.717) is 22.5 Å². The van der Waals surface area contributed by atoms with Gasteiger partial charge in [0.1, 0.15) is 17.9 Å². The van der Waals surface area contributed by atoms with Crippen molar-refractivity contribution in [3.63, 3.8) is 0 Å². The summed E-state index contributed by atoms with van der Waals surface area (Å²) in [6.45, 7) is 16.4. The number of hydrogen-bond acceptors (Lipinski definition) is 7. The molecule has 0 saturated carbocycles. The van der Waals surface area contributed by atoms with Crippen molar-refractivity contribution in [3.8, 4) is 16.9 Å². The Morgan fingerprint density at radius 1 is 0.703 bits per heavy atom. The molecule has 2 fully saturated rings. The van der Waals surface area contributed by atoms with E-state index in [-0.39, 0.29) is 6.61 Å². The molecule has 3 aliphatic rings. The van der Waals surface area contributed by atoms with Gasteiger partial charge in [0.2, 0.25) is 0 Å². The second-order valence-corrected chi connectivity index (χ2v) is 12.2. The molecule has 0 radical (unpaired) electrons. The van der Waals surface area contributed by atoms with E-state index in [1.807, 2.05) is 91.8 Å². The normalized spacial score (nSPS) is 22.6. The summed E-state index contributed by atoms with van der Waals surface area (Å²) in [5.41, 5.74) is 1.96. The average molecular weight is 502 g/mol. The van der Waals surface area contributed by atoms with Crippen LogP contribution >= 0.6 is 0 Å². The van der Waals surface area contributed by atoms with Gasteiger partial charge in [0.05, 0.1) is 28.0 Å².